The number of ether oxygens (including phenoxy) is 2. The van der Waals surface area contributed by atoms with Gasteiger partial charge < -0.3 is 15.2 Å². The topological polar surface area (TPSA) is 61.5 Å². The van der Waals surface area contributed by atoms with Gasteiger partial charge in [0.2, 0.25) is 0 Å². The minimum Gasteiger partial charge on any atom is -0.491 e. The molecule has 16 heavy (non-hydrogen) atoms. The molecule has 0 aliphatic rings. The molecule has 0 fully saturated rings. The fraction of sp³-hybridized carbons (Fsp3) is 0.417. The Morgan fingerprint density at radius 3 is 2.75 bits per heavy atom. The zero-order valence-electron chi connectivity index (χ0n) is 9.66. The number of nitrogen functional groups attached to an aromatic ring is 1. The molecule has 0 unspecified atom stereocenters. The van der Waals surface area contributed by atoms with Gasteiger partial charge in [0, 0.05) is 0 Å². The van der Waals surface area contributed by atoms with Crippen molar-refractivity contribution < 1.29 is 14.3 Å². The first-order chi connectivity index (χ1) is 7.70. The standard InChI is InChI=1S/C12H17NO3/c1-3-8-16-10-7-5-6-9(11(10)13)12(14)15-4-2/h5-7H,3-4,8,13H2,1-2H3. The Hall–Kier alpha value is -1.71. The molecule has 0 saturated carbocycles. The summed E-state index contributed by atoms with van der Waals surface area (Å²) >= 11 is 0. The number of carbonyl (C=O) groups excluding carboxylic acids is 1. The number of benzene rings is 1. The Balaban J connectivity index is 2.89. The maximum absolute atomic E-state index is 11.5. The lowest BCUT2D eigenvalue weighted by Gasteiger charge is -2.10. The van der Waals surface area contributed by atoms with E-state index in [0.717, 1.165) is 6.42 Å². The number of nitrogens with two attached hydrogens (primary N) is 1. The summed E-state index contributed by atoms with van der Waals surface area (Å²) in [6, 6.07) is 5.10. The van der Waals surface area contributed by atoms with E-state index in [1.54, 1.807) is 25.1 Å². The van der Waals surface area contributed by atoms with Crippen molar-refractivity contribution >= 4 is 11.7 Å². The van der Waals surface area contributed by atoms with Crippen LogP contribution < -0.4 is 10.5 Å². The van der Waals surface area contributed by atoms with Crippen LogP contribution in [0.3, 0.4) is 0 Å². The van der Waals surface area contributed by atoms with E-state index in [9.17, 15) is 4.79 Å². The highest BCUT2D eigenvalue weighted by Gasteiger charge is 2.13. The Morgan fingerprint density at radius 2 is 2.12 bits per heavy atom. The quantitative estimate of drug-likeness (QED) is 0.614. The fourth-order valence-electron chi connectivity index (χ4n) is 1.27. The predicted molar refractivity (Wildman–Crippen MR) is 62.6 cm³/mol. The molecule has 88 valence electrons. The molecule has 0 aliphatic heterocycles. The van der Waals surface area contributed by atoms with Crippen LogP contribution in [0.25, 0.3) is 0 Å². The Labute approximate surface area is 95.3 Å². The lowest BCUT2D eigenvalue weighted by Crippen LogP contribution is -2.09. The number of rotatable bonds is 5. The maximum atomic E-state index is 11.5. The molecule has 0 spiro atoms. The second-order valence-corrected chi connectivity index (χ2v) is 3.29. The van der Waals surface area contributed by atoms with Gasteiger partial charge in [0.05, 0.1) is 24.5 Å². The SMILES string of the molecule is CCCOc1cccc(C(=O)OCC)c1N. The van der Waals surface area contributed by atoms with Gasteiger partial charge in [-0.1, -0.05) is 13.0 Å². The van der Waals surface area contributed by atoms with Gasteiger partial charge in [0.15, 0.2) is 0 Å². The average Bonchev–Trinajstić information content (AvgIpc) is 2.28. The van der Waals surface area contributed by atoms with Crippen LogP contribution in [0.15, 0.2) is 18.2 Å². The second kappa shape index (κ2) is 6.00. The second-order valence-electron chi connectivity index (χ2n) is 3.29. The monoisotopic (exact) mass is 223 g/mol. The number of carbonyl (C=O) groups is 1. The first kappa shape index (κ1) is 12.4. The van der Waals surface area contributed by atoms with E-state index in [0.29, 0.717) is 30.2 Å². The Morgan fingerprint density at radius 1 is 1.38 bits per heavy atom. The molecule has 0 aromatic heterocycles. The first-order valence-electron chi connectivity index (χ1n) is 5.39. The molecule has 1 rings (SSSR count). The van der Waals surface area contributed by atoms with Crippen molar-refractivity contribution in [2.24, 2.45) is 0 Å². The van der Waals surface area contributed by atoms with Crippen LogP contribution in [0, 0.1) is 0 Å². The minimum absolute atomic E-state index is 0.332. The summed E-state index contributed by atoms with van der Waals surface area (Å²) in [5, 5.41) is 0. The highest BCUT2D eigenvalue weighted by atomic mass is 16.5. The molecule has 0 heterocycles. The van der Waals surface area contributed by atoms with E-state index in [4.69, 9.17) is 15.2 Å². The van der Waals surface area contributed by atoms with Crippen LogP contribution >= 0.6 is 0 Å². The lowest BCUT2D eigenvalue weighted by atomic mass is 10.1. The average molecular weight is 223 g/mol. The van der Waals surface area contributed by atoms with Crippen molar-refractivity contribution in [2.45, 2.75) is 20.3 Å². The highest BCUT2D eigenvalue weighted by Crippen LogP contribution is 2.25. The van der Waals surface area contributed by atoms with Gasteiger partial charge in [0.25, 0.3) is 0 Å². The molecule has 4 heteroatoms. The van der Waals surface area contributed by atoms with Gasteiger partial charge in [-0.05, 0) is 25.5 Å². The van der Waals surface area contributed by atoms with Crippen molar-refractivity contribution in [3.05, 3.63) is 23.8 Å². The van der Waals surface area contributed by atoms with Gasteiger partial charge in [-0.3, -0.25) is 0 Å². The Bertz CT molecular complexity index is 363. The summed E-state index contributed by atoms with van der Waals surface area (Å²) in [7, 11) is 0. The zero-order chi connectivity index (χ0) is 12.0. The summed E-state index contributed by atoms with van der Waals surface area (Å²) < 4.78 is 10.3. The van der Waals surface area contributed by atoms with Crippen molar-refractivity contribution in [1.29, 1.82) is 0 Å². The van der Waals surface area contributed by atoms with Crippen LogP contribution in [0.5, 0.6) is 5.75 Å². The Kier molecular flexibility index (Phi) is 4.64. The zero-order valence-corrected chi connectivity index (χ0v) is 9.66. The van der Waals surface area contributed by atoms with Gasteiger partial charge in [-0.2, -0.15) is 0 Å². The summed E-state index contributed by atoms with van der Waals surface area (Å²) in [4.78, 5) is 11.5. The number of hydrogen-bond acceptors (Lipinski definition) is 4. The third kappa shape index (κ3) is 2.89. The van der Waals surface area contributed by atoms with E-state index in [2.05, 4.69) is 0 Å². The molecule has 0 atom stereocenters. The van der Waals surface area contributed by atoms with Crippen LogP contribution in [-0.2, 0) is 4.74 Å². The molecule has 0 bridgehead atoms. The molecule has 1 aromatic carbocycles. The predicted octanol–water partition coefficient (Wildman–Crippen LogP) is 2.23. The molecular formula is C12H17NO3. The molecule has 0 radical (unpaired) electrons. The maximum Gasteiger partial charge on any atom is 0.340 e. The van der Waals surface area contributed by atoms with Crippen LogP contribution in [0.1, 0.15) is 30.6 Å². The number of anilines is 1. The van der Waals surface area contributed by atoms with Gasteiger partial charge in [0.1, 0.15) is 5.75 Å². The smallest absolute Gasteiger partial charge is 0.340 e. The highest BCUT2D eigenvalue weighted by molar-refractivity contribution is 5.96. The molecular weight excluding hydrogens is 206 g/mol. The van der Waals surface area contributed by atoms with E-state index < -0.39 is 5.97 Å². The molecule has 4 nitrogen and oxygen atoms in total. The molecule has 0 aliphatic carbocycles. The molecule has 0 saturated heterocycles. The molecule has 2 N–H and O–H groups in total. The normalized spacial score (nSPS) is 9.88. The molecule has 0 amide bonds. The van der Waals surface area contributed by atoms with Gasteiger partial charge in [-0.25, -0.2) is 4.79 Å². The van der Waals surface area contributed by atoms with Crippen molar-refractivity contribution in [2.75, 3.05) is 18.9 Å². The van der Waals surface area contributed by atoms with E-state index in [1.165, 1.54) is 0 Å². The third-order valence-electron chi connectivity index (χ3n) is 2.02. The van der Waals surface area contributed by atoms with E-state index >= 15 is 0 Å². The third-order valence-corrected chi connectivity index (χ3v) is 2.02. The van der Waals surface area contributed by atoms with Crippen molar-refractivity contribution in [3.8, 4) is 5.75 Å². The van der Waals surface area contributed by atoms with Crippen LogP contribution in [0.2, 0.25) is 0 Å². The number of hydrogen-bond donors (Lipinski definition) is 1. The van der Waals surface area contributed by atoms with E-state index in [1.807, 2.05) is 6.92 Å². The number of para-hydroxylation sites is 1. The van der Waals surface area contributed by atoms with Gasteiger partial charge >= 0.3 is 5.97 Å². The van der Waals surface area contributed by atoms with Crippen LogP contribution in [0.4, 0.5) is 5.69 Å². The minimum atomic E-state index is -0.415. The van der Waals surface area contributed by atoms with Gasteiger partial charge in [-0.15, -0.1) is 0 Å². The summed E-state index contributed by atoms with van der Waals surface area (Å²) in [6.45, 7) is 4.67. The van der Waals surface area contributed by atoms with Crippen molar-refractivity contribution in [3.63, 3.8) is 0 Å². The largest absolute Gasteiger partial charge is 0.491 e. The number of esters is 1. The summed E-state index contributed by atoms with van der Waals surface area (Å²) in [5.74, 6) is 0.120. The fourth-order valence-corrected chi connectivity index (χ4v) is 1.27. The van der Waals surface area contributed by atoms with Crippen molar-refractivity contribution in [1.82, 2.24) is 0 Å². The lowest BCUT2D eigenvalue weighted by molar-refractivity contribution is 0.0527. The molecule has 1 aromatic rings. The van der Waals surface area contributed by atoms with E-state index in [-0.39, 0.29) is 0 Å². The van der Waals surface area contributed by atoms with Crippen LogP contribution in [-0.4, -0.2) is 19.2 Å². The summed E-state index contributed by atoms with van der Waals surface area (Å²) in [5.41, 5.74) is 6.53. The summed E-state index contributed by atoms with van der Waals surface area (Å²) in [6.07, 6.45) is 0.892. The first-order valence-corrected chi connectivity index (χ1v) is 5.39.